The van der Waals surface area contributed by atoms with Gasteiger partial charge in [0.05, 0.1) is 25.6 Å². The summed E-state index contributed by atoms with van der Waals surface area (Å²) in [6.07, 6.45) is 2.25. The molecule has 0 bridgehead atoms. The van der Waals surface area contributed by atoms with E-state index in [0.717, 1.165) is 4.57 Å². The molecule has 2 heterocycles. The van der Waals surface area contributed by atoms with Gasteiger partial charge in [-0.15, -0.1) is 0 Å². The highest BCUT2D eigenvalue weighted by Crippen LogP contribution is 2.08. The molecule has 0 saturated carbocycles. The fourth-order valence-electron chi connectivity index (χ4n) is 3.21. The first kappa shape index (κ1) is 22.0. The molecule has 0 aliphatic carbocycles. The fraction of sp³-hybridized carbons (Fsp3) is 0.667. The molecule has 0 aliphatic rings. The van der Waals surface area contributed by atoms with Crippen LogP contribution in [0.2, 0.25) is 0 Å². The number of Topliss-reactive ketones (excluding diaryl/α,β-unsaturated/α-hetero) is 1. The second-order valence-corrected chi connectivity index (χ2v) is 7.17. The number of nitrogens with zero attached hydrogens (tertiary/aromatic N) is 5. The van der Waals surface area contributed by atoms with E-state index in [4.69, 9.17) is 5.11 Å². The molecule has 0 fully saturated rings. The predicted molar refractivity (Wildman–Crippen MR) is 104 cm³/mol. The van der Waals surface area contributed by atoms with Gasteiger partial charge < -0.3 is 24.5 Å². The number of likely N-dealkylation sites (N-methyl/N-ethyl adjacent to an activating group) is 1. The molecule has 0 spiro atoms. The number of aliphatic hydroxyl groups excluding tert-OH is 2. The van der Waals surface area contributed by atoms with Crippen LogP contribution in [0.4, 0.5) is 0 Å². The van der Waals surface area contributed by atoms with E-state index in [1.807, 2.05) is 0 Å². The molecular weight excluding hydrogens is 366 g/mol. The average molecular weight is 395 g/mol. The first-order chi connectivity index (χ1) is 13.3. The first-order valence-electron chi connectivity index (χ1n) is 9.37. The Morgan fingerprint density at radius 2 is 2.04 bits per heavy atom. The monoisotopic (exact) mass is 395 g/mol. The molecule has 1 atom stereocenters. The van der Waals surface area contributed by atoms with Crippen molar-refractivity contribution in [2.75, 3.05) is 26.7 Å². The summed E-state index contributed by atoms with van der Waals surface area (Å²) in [5, 5.41) is 19.3. The summed E-state index contributed by atoms with van der Waals surface area (Å²) >= 11 is 0. The lowest BCUT2D eigenvalue weighted by Gasteiger charge is -2.20. The Balaban J connectivity index is 2.28. The van der Waals surface area contributed by atoms with Crippen LogP contribution in [0.25, 0.3) is 11.2 Å². The maximum absolute atomic E-state index is 12.9. The van der Waals surface area contributed by atoms with Gasteiger partial charge in [0.2, 0.25) is 0 Å². The van der Waals surface area contributed by atoms with Gasteiger partial charge in [-0.25, -0.2) is 9.78 Å². The molecule has 2 rings (SSSR count). The number of imidazole rings is 1. The molecule has 2 aromatic rings. The van der Waals surface area contributed by atoms with Gasteiger partial charge in [-0.3, -0.25) is 13.9 Å². The molecule has 0 amide bonds. The second kappa shape index (κ2) is 9.76. The number of hydrogen-bond acceptors (Lipinski definition) is 7. The quantitative estimate of drug-likeness (QED) is 0.465. The van der Waals surface area contributed by atoms with Crippen molar-refractivity contribution in [2.45, 2.75) is 45.4 Å². The zero-order chi connectivity index (χ0) is 20.8. The SMILES string of the molecule is CC(=O)CCCCn1c(=O)c2c(ncn2CC(O)CN(C)CCO)n(C)c1=O. The zero-order valence-corrected chi connectivity index (χ0v) is 16.7. The van der Waals surface area contributed by atoms with Crippen LogP contribution in [0.3, 0.4) is 0 Å². The van der Waals surface area contributed by atoms with E-state index >= 15 is 0 Å². The molecule has 0 radical (unpaired) electrons. The number of rotatable bonds is 11. The van der Waals surface area contributed by atoms with Gasteiger partial charge in [-0.05, 0) is 26.8 Å². The van der Waals surface area contributed by atoms with E-state index in [9.17, 15) is 19.5 Å². The number of carbonyl (C=O) groups excluding carboxylic acids is 1. The average Bonchev–Trinajstić information content (AvgIpc) is 3.02. The molecule has 0 aromatic carbocycles. The van der Waals surface area contributed by atoms with Crippen LogP contribution in [0.5, 0.6) is 0 Å². The van der Waals surface area contributed by atoms with Gasteiger partial charge in [0.25, 0.3) is 5.56 Å². The van der Waals surface area contributed by atoms with Gasteiger partial charge in [0, 0.05) is 33.1 Å². The maximum atomic E-state index is 12.9. The van der Waals surface area contributed by atoms with Crippen LogP contribution in [-0.4, -0.2) is 72.4 Å². The van der Waals surface area contributed by atoms with E-state index in [1.54, 1.807) is 23.6 Å². The van der Waals surface area contributed by atoms with E-state index in [2.05, 4.69) is 4.98 Å². The number of ketones is 1. The highest BCUT2D eigenvalue weighted by atomic mass is 16.3. The fourth-order valence-corrected chi connectivity index (χ4v) is 3.21. The number of carbonyl (C=O) groups is 1. The molecule has 10 heteroatoms. The Labute approximate surface area is 162 Å². The second-order valence-electron chi connectivity index (χ2n) is 7.17. The Kier molecular flexibility index (Phi) is 7.67. The number of unbranched alkanes of at least 4 members (excludes halogenated alkanes) is 1. The van der Waals surface area contributed by atoms with Crippen LogP contribution in [0.15, 0.2) is 15.9 Å². The largest absolute Gasteiger partial charge is 0.395 e. The van der Waals surface area contributed by atoms with E-state index in [-0.39, 0.29) is 36.6 Å². The Morgan fingerprint density at radius 1 is 1.32 bits per heavy atom. The van der Waals surface area contributed by atoms with Gasteiger partial charge in [-0.2, -0.15) is 0 Å². The number of hydrogen-bond donors (Lipinski definition) is 2. The topological polar surface area (TPSA) is 123 Å². The lowest BCUT2D eigenvalue weighted by Crippen LogP contribution is -2.40. The third-order valence-electron chi connectivity index (χ3n) is 4.67. The molecule has 0 aliphatic heterocycles. The minimum Gasteiger partial charge on any atom is -0.395 e. The van der Waals surface area contributed by atoms with E-state index in [1.165, 1.54) is 17.8 Å². The van der Waals surface area contributed by atoms with Crippen LogP contribution in [-0.2, 0) is 24.9 Å². The minimum atomic E-state index is -0.769. The standard InChI is InChI=1S/C18H29N5O5/c1-13(25)6-4-5-7-23-17(27)15-16(21(3)18(23)28)19-12-22(15)11-14(26)10-20(2)8-9-24/h12,14,24,26H,4-11H2,1-3H3. The summed E-state index contributed by atoms with van der Waals surface area (Å²) in [5.41, 5.74) is -0.369. The summed E-state index contributed by atoms with van der Waals surface area (Å²) in [5.74, 6) is 0.0777. The molecule has 1 unspecified atom stereocenters. The van der Waals surface area contributed by atoms with Crippen molar-refractivity contribution in [1.82, 2.24) is 23.6 Å². The van der Waals surface area contributed by atoms with Crippen molar-refractivity contribution in [2.24, 2.45) is 7.05 Å². The maximum Gasteiger partial charge on any atom is 0.332 e. The van der Waals surface area contributed by atoms with Crippen LogP contribution < -0.4 is 11.2 Å². The minimum absolute atomic E-state index is 0.00628. The van der Waals surface area contributed by atoms with Crippen LogP contribution in [0, 0.1) is 0 Å². The highest BCUT2D eigenvalue weighted by molar-refractivity contribution is 5.75. The van der Waals surface area contributed by atoms with Crippen molar-refractivity contribution >= 4 is 16.9 Å². The number of aliphatic hydroxyl groups is 2. The lowest BCUT2D eigenvalue weighted by atomic mass is 10.2. The van der Waals surface area contributed by atoms with Gasteiger partial charge in [0.1, 0.15) is 5.78 Å². The zero-order valence-electron chi connectivity index (χ0n) is 16.7. The highest BCUT2D eigenvalue weighted by Gasteiger charge is 2.18. The third kappa shape index (κ3) is 5.15. The number of aromatic nitrogens is 4. The normalized spacial score (nSPS) is 12.8. The van der Waals surface area contributed by atoms with Gasteiger partial charge >= 0.3 is 5.69 Å². The number of fused-ring (bicyclic) bond motifs is 1. The van der Waals surface area contributed by atoms with Crippen molar-refractivity contribution in [3.63, 3.8) is 0 Å². The van der Waals surface area contributed by atoms with Crippen molar-refractivity contribution in [3.8, 4) is 0 Å². The van der Waals surface area contributed by atoms with Crippen molar-refractivity contribution in [3.05, 3.63) is 27.2 Å². The molecule has 2 aromatic heterocycles. The van der Waals surface area contributed by atoms with Crippen molar-refractivity contribution < 1.29 is 15.0 Å². The Bertz CT molecular complexity index is 929. The number of aryl methyl sites for hydroxylation is 1. The molecular formula is C18H29N5O5. The smallest absolute Gasteiger partial charge is 0.332 e. The predicted octanol–water partition coefficient (Wildman–Crippen LogP) is -1.06. The van der Waals surface area contributed by atoms with Crippen molar-refractivity contribution in [1.29, 1.82) is 0 Å². The molecule has 28 heavy (non-hydrogen) atoms. The summed E-state index contributed by atoms with van der Waals surface area (Å²) in [6.45, 7) is 2.63. The lowest BCUT2D eigenvalue weighted by molar-refractivity contribution is -0.117. The van der Waals surface area contributed by atoms with E-state index < -0.39 is 17.4 Å². The summed E-state index contributed by atoms with van der Waals surface area (Å²) in [6, 6.07) is 0. The molecule has 156 valence electrons. The molecule has 0 saturated heterocycles. The Morgan fingerprint density at radius 3 is 2.68 bits per heavy atom. The first-order valence-corrected chi connectivity index (χ1v) is 9.37. The van der Waals surface area contributed by atoms with Gasteiger partial charge in [0.15, 0.2) is 11.2 Å². The molecule has 2 N–H and O–H groups in total. The van der Waals surface area contributed by atoms with Crippen LogP contribution in [0.1, 0.15) is 26.2 Å². The Hall–Kier alpha value is -2.30. The molecule has 10 nitrogen and oxygen atoms in total. The van der Waals surface area contributed by atoms with E-state index in [0.29, 0.717) is 32.4 Å². The van der Waals surface area contributed by atoms with Crippen LogP contribution >= 0.6 is 0 Å². The summed E-state index contributed by atoms with van der Waals surface area (Å²) in [7, 11) is 3.34. The third-order valence-corrected chi connectivity index (χ3v) is 4.67. The summed E-state index contributed by atoms with van der Waals surface area (Å²) < 4.78 is 4.04. The van der Waals surface area contributed by atoms with Gasteiger partial charge in [-0.1, -0.05) is 0 Å². The summed E-state index contributed by atoms with van der Waals surface area (Å²) in [4.78, 5) is 42.4.